The maximum absolute atomic E-state index is 13.8. The average molecular weight is 592 g/mol. The highest BCUT2D eigenvalue weighted by molar-refractivity contribution is 5.79. The zero-order chi connectivity index (χ0) is 30.7. The Morgan fingerprint density at radius 1 is 1.02 bits per heavy atom. The van der Waals surface area contributed by atoms with Crippen LogP contribution in [0, 0.1) is 0 Å². The molecule has 0 saturated heterocycles. The lowest BCUT2D eigenvalue weighted by atomic mass is 10.1. The van der Waals surface area contributed by atoms with E-state index in [4.69, 9.17) is 0 Å². The van der Waals surface area contributed by atoms with Crippen LogP contribution in [0.25, 0.3) is 16.7 Å². The number of carbonyl (C=O) groups is 1. The van der Waals surface area contributed by atoms with Crippen molar-refractivity contribution in [3.8, 4) is 22.9 Å². The molecule has 3 heterocycles. The molecule has 10 nitrogen and oxygen atoms in total. The molecule has 5 rings (SSSR count). The Hall–Kier alpha value is -5.46. The summed E-state index contributed by atoms with van der Waals surface area (Å²) in [6, 6.07) is 14.3. The number of phenolic OH excluding ortho intramolecular Hbond substituents is 2. The Kier molecular flexibility index (Phi) is 7.97. The van der Waals surface area contributed by atoms with E-state index in [1.807, 2.05) is 0 Å². The first kappa shape index (κ1) is 29.0. The Labute approximate surface area is 242 Å². The maximum Gasteiger partial charge on any atom is 0.573 e. The number of hydrogen-bond donors (Lipinski definition) is 2. The predicted octanol–water partition coefficient (Wildman–Crippen LogP) is 4.82. The number of halogens is 3. The molecule has 220 valence electrons. The number of hydrogen-bond acceptors (Lipinski definition) is 8. The zero-order valence-electron chi connectivity index (χ0n) is 22.6. The number of amides is 1. The molecular formula is C30H24F3N5O5. The topological polar surface area (TPSA) is 131 Å². The van der Waals surface area contributed by atoms with Gasteiger partial charge in [-0.1, -0.05) is 18.2 Å². The molecule has 0 aliphatic rings. The summed E-state index contributed by atoms with van der Waals surface area (Å²) in [5, 5.41) is 20.7. The number of nitrogens with zero attached hydrogens (tertiary/aromatic N) is 5. The summed E-state index contributed by atoms with van der Waals surface area (Å²) in [4.78, 5) is 42.0. The van der Waals surface area contributed by atoms with Gasteiger partial charge in [0.2, 0.25) is 5.91 Å². The van der Waals surface area contributed by atoms with E-state index in [0.29, 0.717) is 11.1 Å². The number of rotatable bonds is 8. The lowest BCUT2D eigenvalue weighted by Gasteiger charge is -2.31. The molecular weight excluding hydrogens is 567 g/mol. The highest BCUT2D eigenvalue weighted by atomic mass is 19.4. The van der Waals surface area contributed by atoms with Crippen molar-refractivity contribution in [1.82, 2.24) is 24.4 Å². The molecule has 13 heteroatoms. The molecule has 2 aromatic carbocycles. The average Bonchev–Trinajstić information content (AvgIpc) is 2.97. The van der Waals surface area contributed by atoms with Gasteiger partial charge in [0.05, 0.1) is 23.5 Å². The number of aromatic nitrogens is 4. The number of pyridine rings is 2. The van der Waals surface area contributed by atoms with E-state index >= 15 is 0 Å². The fraction of sp³-hybridized carbons (Fsp3) is 0.167. The maximum atomic E-state index is 13.8. The Morgan fingerprint density at radius 3 is 2.44 bits per heavy atom. The van der Waals surface area contributed by atoms with Crippen LogP contribution in [0.1, 0.15) is 29.9 Å². The summed E-state index contributed by atoms with van der Waals surface area (Å²) >= 11 is 0. The Balaban J connectivity index is 1.59. The lowest BCUT2D eigenvalue weighted by Crippen LogP contribution is -2.38. The van der Waals surface area contributed by atoms with Crippen molar-refractivity contribution in [3.05, 3.63) is 113 Å². The lowest BCUT2D eigenvalue weighted by molar-refractivity contribution is -0.274. The summed E-state index contributed by atoms with van der Waals surface area (Å²) < 4.78 is 42.9. The smallest absolute Gasteiger partial charge is 0.508 e. The van der Waals surface area contributed by atoms with Crippen LogP contribution in [0.4, 0.5) is 13.2 Å². The first-order valence-electron chi connectivity index (χ1n) is 12.9. The zero-order valence-corrected chi connectivity index (χ0v) is 22.6. The Morgan fingerprint density at radius 2 is 1.77 bits per heavy atom. The van der Waals surface area contributed by atoms with Gasteiger partial charge < -0.3 is 19.8 Å². The van der Waals surface area contributed by atoms with Gasteiger partial charge >= 0.3 is 6.36 Å². The normalized spacial score (nSPS) is 12.2. The quantitative estimate of drug-likeness (QED) is 0.263. The number of aromatic hydroxyl groups is 2. The molecule has 1 amide bonds. The molecule has 0 bridgehead atoms. The SMILES string of the molecule is C[C@H](c1nc2ncccc2c(=O)n1-c1ccc(O)cc1O)N(Cc1cccnc1)C(=O)Cc1ccc(OC(F)(F)F)cc1. The first-order valence-corrected chi connectivity index (χ1v) is 12.9. The highest BCUT2D eigenvalue weighted by Gasteiger charge is 2.31. The molecule has 2 N–H and O–H groups in total. The summed E-state index contributed by atoms with van der Waals surface area (Å²) in [5.74, 6) is -1.40. The van der Waals surface area contributed by atoms with Crippen LogP contribution in [-0.2, 0) is 17.8 Å². The molecule has 0 spiro atoms. The number of alkyl halides is 3. The fourth-order valence-electron chi connectivity index (χ4n) is 4.60. The number of phenols is 2. The molecule has 0 aliphatic carbocycles. The van der Waals surface area contributed by atoms with E-state index in [9.17, 15) is 33.0 Å². The third kappa shape index (κ3) is 6.56. The van der Waals surface area contributed by atoms with Gasteiger partial charge in [-0.2, -0.15) is 0 Å². The minimum absolute atomic E-state index is 0.0249. The fourth-order valence-corrected chi connectivity index (χ4v) is 4.60. The van der Waals surface area contributed by atoms with Crippen molar-refractivity contribution >= 4 is 16.9 Å². The van der Waals surface area contributed by atoms with E-state index in [2.05, 4.69) is 19.7 Å². The van der Waals surface area contributed by atoms with Gasteiger partial charge in [-0.05, 0) is 60.5 Å². The second kappa shape index (κ2) is 11.8. The summed E-state index contributed by atoms with van der Waals surface area (Å²) in [5.41, 5.74) is 0.673. The van der Waals surface area contributed by atoms with Crippen molar-refractivity contribution in [2.45, 2.75) is 32.3 Å². The molecule has 0 saturated carbocycles. The van der Waals surface area contributed by atoms with Crippen LogP contribution in [0.3, 0.4) is 0 Å². The van der Waals surface area contributed by atoms with E-state index in [1.54, 1.807) is 37.5 Å². The van der Waals surface area contributed by atoms with Crippen LogP contribution >= 0.6 is 0 Å². The van der Waals surface area contributed by atoms with Crippen molar-refractivity contribution in [1.29, 1.82) is 0 Å². The third-order valence-corrected chi connectivity index (χ3v) is 6.62. The van der Waals surface area contributed by atoms with E-state index in [0.717, 1.165) is 22.8 Å². The molecule has 0 radical (unpaired) electrons. The molecule has 0 fully saturated rings. The summed E-state index contributed by atoms with van der Waals surface area (Å²) in [7, 11) is 0. The summed E-state index contributed by atoms with van der Waals surface area (Å²) in [6.07, 6.45) is -0.430. The van der Waals surface area contributed by atoms with Gasteiger partial charge in [0.1, 0.15) is 23.1 Å². The van der Waals surface area contributed by atoms with Crippen molar-refractivity contribution in [2.75, 3.05) is 0 Å². The predicted molar refractivity (Wildman–Crippen MR) is 148 cm³/mol. The Bertz CT molecular complexity index is 1830. The van der Waals surface area contributed by atoms with Crippen LogP contribution in [0.5, 0.6) is 17.2 Å². The number of ether oxygens (including phenoxy) is 1. The van der Waals surface area contributed by atoms with E-state index in [1.165, 1.54) is 41.4 Å². The molecule has 1 atom stereocenters. The van der Waals surface area contributed by atoms with E-state index in [-0.39, 0.29) is 41.3 Å². The standard InChI is InChI=1S/C30H24F3N5O5/c1-18(28-36-27-23(5-3-13-35-27)29(42)38(28)24-11-8-21(39)15-25(24)40)37(17-20-4-2-12-34-16-20)26(41)14-19-6-9-22(10-7-19)43-30(31,32)33/h2-13,15-16,18,39-40H,14,17H2,1H3/t18-/m1/s1. The minimum atomic E-state index is -4.85. The molecule has 0 unspecified atom stereocenters. The molecule has 5 aromatic rings. The molecule has 3 aromatic heterocycles. The second-order valence-corrected chi connectivity index (χ2v) is 9.59. The number of benzene rings is 2. The van der Waals surface area contributed by atoms with Crippen LogP contribution in [-0.4, -0.2) is 46.9 Å². The van der Waals surface area contributed by atoms with E-state index < -0.39 is 35.4 Å². The van der Waals surface area contributed by atoms with Crippen molar-refractivity contribution in [3.63, 3.8) is 0 Å². The van der Waals surface area contributed by atoms with Gasteiger partial charge in [0, 0.05) is 31.2 Å². The van der Waals surface area contributed by atoms with Gasteiger partial charge in [-0.25, -0.2) is 9.97 Å². The van der Waals surface area contributed by atoms with Crippen LogP contribution in [0.15, 0.2) is 90.1 Å². The monoisotopic (exact) mass is 591 g/mol. The number of fused-ring (bicyclic) bond motifs is 1. The second-order valence-electron chi connectivity index (χ2n) is 9.59. The highest BCUT2D eigenvalue weighted by Crippen LogP contribution is 2.30. The van der Waals surface area contributed by atoms with Gasteiger partial charge in [0.15, 0.2) is 5.65 Å². The van der Waals surface area contributed by atoms with Crippen LogP contribution < -0.4 is 10.3 Å². The van der Waals surface area contributed by atoms with Crippen molar-refractivity contribution < 1.29 is 32.9 Å². The first-order chi connectivity index (χ1) is 20.5. The van der Waals surface area contributed by atoms with Gasteiger partial charge in [-0.15, -0.1) is 13.2 Å². The number of carbonyl (C=O) groups excluding carboxylic acids is 1. The van der Waals surface area contributed by atoms with Crippen LogP contribution in [0.2, 0.25) is 0 Å². The largest absolute Gasteiger partial charge is 0.573 e. The molecule has 0 aliphatic heterocycles. The minimum Gasteiger partial charge on any atom is -0.508 e. The van der Waals surface area contributed by atoms with Crippen molar-refractivity contribution in [2.24, 2.45) is 0 Å². The summed E-state index contributed by atoms with van der Waals surface area (Å²) in [6.45, 7) is 1.69. The van der Waals surface area contributed by atoms with Gasteiger partial charge in [-0.3, -0.25) is 19.1 Å². The molecule has 43 heavy (non-hydrogen) atoms. The van der Waals surface area contributed by atoms with Gasteiger partial charge in [0.25, 0.3) is 5.56 Å². The third-order valence-electron chi connectivity index (χ3n) is 6.62.